The highest BCUT2D eigenvalue weighted by Gasteiger charge is 2.14. The summed E-state index contributed by atoms with van der Waals surface area (Å²) >= 11 is 6.01. The third kappa shape index (κ3) is 5.33. The minimum atomic E-state index is 0.362. The lowest BCUT2D eigenvalue weighted by atomic mass is 9.95. The second-order valence-electron chi connectivity index (χ2n) is 4.64. The van der Waals surface area contributed by atoms with Crippen LogP contribution in [0.25, 0.3) is 0 Å². The molecule has 1 heterocycles. The summed E-state index contributed by atoms with van der Waals surface area (Å²) in [6, 6.07) is 2.12. The molecule has 1 rings (SSSR count). The number of ether oxygens (including phenoxy) is 1. The van der Waals surface area contributed by atoms with Crippen molar-refractivity contribution in [3.63, 3.8) is 0 Å². The van der Waals surface area contributed by atoms with E-state index in [0.29, 0.717) is 36.2 Å². The molecule has 0 amide bonds. The van der Waals surface area contributed by atoms with Crippen LogP contribution in [0.2, 0.25) is 5.15 Å². The molecule has 1 aromatic heterocycles. The molecular formula is C14H24ClN3O. The topological polar surface area (TPSA) is 47.0 Å². The van der Waals surface area contributed by atoms with Gasteiger partial charge in [-0.1, -0.05) is 38.3 Å². The number of nitrogens with one attached hydrogen (secondary N) is 1. The maximum absolute atomic E-state index is 6.01. The fourth-order valence-electron chi connectivity index (χ4n) is 2.14. The van der Waals surface area contributed by atoms with E-state index in [0.717, 1.165) is 18.7 Å². The standard InChI is InChI=1S/C14H24ClN3O/c1-5-11(6-2)10(4)16-13-8-12(15)17-14(18-13)9-19-7-3/h8,10-11H,5-7,9H2,1-4H3,(H,16,17,18). The van der Waals surface area contributed by atoms with Crippen LogP contribution in [0.15, 0.2) is 6.07 Å². The zero-order valence-electron chi connectivity index (χ0n) is 12.2. The number of anilines is 1. The Morgan fingerprint density at radius 2 is 1.95 bits per heavy atom. The van der Waals surface area contributed by atoms with Crippen LogP contribution in [0.4, 0.5) is 5.82 Å². The molecule has 0 aliphatic carbocycles. The SMILES string of the molecule is CCOCc1nc(Cl)cc(NC(C)C(CC)CC)n1. The van der Waals surface area contributed by atoms with Gasteiger partial charge in [-0.25, -0.2) is 9.97 Å². The van der Waals surface area contributed by atoms with Gasteiger partial charge >= 0.3 is 0 Å². The van der Waals surface area contributed by atoms with Crippen LogP contribution in [-0.2, 0) is 11.3 Å². The molecule has 0 saturated heterocycles. The molecule has 1 N–H and O–H groups in total. The largest absolute Gasteiger partial charge is 0.374 e. The van der Waals surface area contributed by atoms with E-state index in [2.05, 4.69) is 36.1 Å². The van der Waals surface area contributed by atoms with Gasteiger partial charge in [0.2, 0.25) is 0 Å². The Labute approximate surface area is 120 Å². The Morgan fingerprint density at radius 3 is 2.53 bits per heavy atom. The van der Waals surface area contributed by atoms with Crippen LogP contribution in [0, 0.1) is 5.92 Å². The molecule has 0 fully saturated rings. The lowest BCUT2D eigenvalue weighted by molar-refractivity contribution is 0.128. The third-order valence-electron chi connectivity index (χ3n) is 3.31. The average molecular weight is 286 g/mol. The number of rotatable bonds is 8. The zero-order valence-corrected chi connectivity index (χ0v) is 13.0. The maximum Gasteiger partial charge on any atom is 0.158 e. The molecule has 0 aliphatic heterocycles. The second-order valence-corrected chi connectivity index (χ2v) is 5.03. The summed E-state index contributed by atoms with van der Waals surface area (Å²) in [6.07, 6.45) is 2.30. The van der Waals surface area contributed by atoms with E-state index < -0.39 is 0 Å². The molecule has 0 bridgehead atoms. The van der Waals surface area contributed by atoms with E-state index >= 15 is 0 Å². The first-order valence-corrected chi connectivity index (χ1v) is 7.36. The van der Waals surface area contributed by atoms with Gasteiger partial charge in [-0.05, 0) is 19.8 Å². The Balaban J connectivity index is 2.74. The second kappa shape index (κ2) is 8.33. The fraction of sp³-hybridized carbons (Fsp3) is 0.714. The van der Waals surface area contributed by atoms with Gasteiger partial charge in [0.05, 0.1) is 0 Å². The highest BCUT2D eigenvalue weighted by molar-refractivity contribution is 6.29. The van der Waals surface area contributed by atoms with Gasteiger partial charge in [-0.3, -0.25) is 0 Å². The quantitative estimate of drug-likeness (QED) is 0.736. The molecule has 1 unspecified atom stereocenters. The van der Waals surface area contributed by atoms with Gasteiger partial charge in [-0.2, -0.15) is 0 Å². The first-order chi connectivity index (χ1) is 9.10. The number of aromatic nitrogens is 2. The van der Waals surface area contributed by atoms with Crippen LogP contribution in [0.1, 0.15) is 46.4 Å². The zero-order chi connectivity index (χ0) is 14.3. The number of nitrogens with zero attached hydrogens (tertiary/aromatic N) is 2. The maximum atomic E-state index is 6.01. The molecule has 108 valence electrons. The molecule has 0 aliphatic rings. The molecule has 19 heavy (non-hydrogen) atoms. The smallest absolute Gasteiger partial charge is 0.158 e. The minimum Gasteiger partial charge on any atom is -0.374 e. The van der Waals surface area contributed by atoms with E-state index in [1.54, 1.807) is 6.07 Å². The van der Waals surface area contributed by atoms with Crippen LogP contribution in [0.5, 0.6) is 0 Å². The van der Waals surface area contributed by atoms with E-state index in [9.17, 15) is 0 Å². The van der Waals surface area contributed by atoms with Crippen molar-refractivity contribution in [1.29, 1.82) is 0 Å². The molecule has 0 radical (unpaired) electrons. The lowest BCUT2D eigenvalue weighted by Gasteiger charge is -2.23. The summed E-state index contributed by atoms with van der Waals surface area (Å²) in [5.74, 6) is 2.02. The van der Waals surface area contributed by atoms with Crippen molar-refractivity contribution in [1.82, 2.24) is 9.97 Å². The highest BCUT2D eigenvalue weighted by Crippen LogP contribution is 2.19. The third-order valence-corrected chi connectivity index (χ3v) is 3.50. The Bertz CT molecular complexity index is 383. The first-order valence-electron chi connectivity index (χ1n) is 6.98. The summed E-state index contributed by atoms with van der Waals surface area (Å²) in [5, 5.41) is 3.86. The van der Waals surface area contributed by atoms with Crippen molar-refractivity contribution in [2.24, 2.45) is 5.92 Å². The number of hydrogen-bond acceptors (Lipinski definition) is 4. The van der Waals surface area contributed by atoms with Gasteiger partial charge in [0.1, 0.15) is 17.6 Å². The Morgan fingerprint density at radius 1 is 1.26 bits per heavy atom. The highest BCUT2D eigenvalue weighted by atomic mass is 35.5. The summed E-state index contributed by atoms with van der Waals surface area (Å²) in [6.45, 7) is 9.57. The van der Waals surface area contributed by atoms with Crippen molar-refractivity contribution >= 4 is 17.4 Å². The lowest BCUT2D eigenvalue weighted by Crippen LogP contribution is -2.25. The van der Waals surface area contributed by atoms with Crippen molar-refractivity contribution < 1.29 is 4.74 Å². The molecule has 1 atom stereocenters. The molecule has 4 nitrogen and oxygen atoms in total. The van der Waals surface area contributed by atoms with Gasteiger partial charge in [0, 0.05) is 18.7 Å². The number of halogens is 1. The molecule has 0 aromatic carbocycles. The molecule has 0 saturated carbocycles. The molecule has 5 heteroatoms. The minimum absolute atomic E-state index is 0.362. The monoisotopic (exact) mass is 285 g/mol. The Kier molecular flexibility index (Phi) is 7.10. The average Bonchev–Trinajstić information content (AvgIpc) is 2.37. The van der Waals surface area contributed by atoms with Crippen molar-refractivity contribution in [2.45, 2.75) is 53.2 Å². The predicted molar refractivity (Wildman–Crippen MR) is 79.5 cm³/mol. The normalized spacial score (nSPS) is 12.7. The first kappa shape index (κ1) is 16.2. The predicted octanol–water partition coefficient (Wildman–Crippen LogP) is 3.90. The van der Waals surface area contributed by atoms with Gasteiger partial charge in [-0.15, -0.1) is 0 Å². The van der Waals surface area contributed by atoms with Crippen molar-refractivity contribution in [3.8, 4) is 0 Å². The van der Waals surface area contributed by atoms with E-state index in [-0.39, 0.29) is 0 Å². The molecular weight excluding hydrogens is 262 g/mol. The van der Waals surface area contributed by atoms with Crippen molar-refractivity contribution in [3.05, 3.63) is 17.0 Å². The Hall–Kier alpha value is -0.870. The summed E-state index contributed by atoms with van der Waals surface area (Å²) in [5.41, 5.74) is 0. The van der Waals surface area contributed by atoms with Crippen molar-refractivity contribution in [2.75, 3.05) is 11.9 Å². The molecule has 1 aromatic rings. The van der Waals surface area contributed by atoms with Crippen LogP contribution in [-0.4, -0.2) is 22.6 Å². The van der Waals surface area contributed by atoms with Gasteiger partial charge < -0.3 is 10.1 Å². The summed E-state index contributed by atoms with van der Waals surface area (Å²) in [4.78, 5) is 8.58. The molecule has 0 spiro atoms. The van der Waals surface area contributed by atoms with E-state index in [1.165, 1.54) is 0 Å². The van der Waals surface area contributed by atoms with Crippen LogP contribution in [0.3, 0.4) is 0 Å². The van der Waals surface area contributed by atoms with Gasteiger partial charge in [0.25, 0.3) is 0 Å². The summed E-state index contributed by atoms with van der Waals surface area (Å²) < 4.78 is 5.31. The van der Waals surface area contributed by atoms with Crippen LogP contribution < -0.4 is 5.32 Å². The fourth-order valence-corrected chi connectivity index (χ4v) is 2.34. The van der Waals surface area contributed by atoms with E-state index in [1.807, 2.05) is 6.92 Å². The summed E-state index contributed by atoms with van der Waals surface area (Å²) in [7, 11) is 0. The van der Waals surface area contributed by atoms with Gasteiger partial charge in [0.15, 0.2) is 5.82 Å². The van der Waals surface area contributed by atoms with Crippen LogP contribution >= 0.6 is 11.6 Å². The number of hydrogen-bond donors (Lipinski definition) is 1. The van der Waals surface area contributed by atoms with E-state index in [4.69, 9.17) is 16.3 Å².